The van der Waals surface area contributed by atoms with Crippen molar-refractivity contribution in [3.8, 4) is 5.75 Å². The summed E-state index contributed by atoms with van der Waals surface area (Å²) in [6, 6.07) is 3.69. The second-order valence-corrected chi connectivity index (χ2v) is 3.84. The number of rotatable bonds is 3. The molecule has 0 unspecified atom stereocenters. The third-order valence-electron chi connectivity index (χ3n) is 2.09. The van der Waals surface area contributed by atoms with E-state index >= 15 is 0 Å². The highest BCUT2D eigenvalue weighted by molar-refractivity contribution is 9.10. The van der Waals surface area contributed by atoms with Gasteiger partial charge in [0.05, 0.1) is 17.1 Å². The van der Waals surface area contributed by atoms with E-state index < -0.39 is 0 Å². The smallest absolute Gasteiger partial charge is 0.268 e. The zero-order valence-electron chi connectivity index (χ0n) is 8.63. The summed E-state index contributed by atoms with van der Waals surface area (Å²) in [5.41, 5.74) is 3.57. The second-order valence-electron chi connectivity index (χ2n) is 2.99. The Kier molecular flexibility index (Phi) is 4.11. The topological polar surface area (TPSA) is 64.3 Å². The molecule has 0 bridgehead atoms. The van der Waals surface area contributed by atoms with E-state index in [2.05, 4.69) is 21.4 Å². The van der Waals surface area contributed by atoms with Crippen molar-refractivity contribution in [1.82, 2.24) is 5.43 Å². The first-order chi connectivity index (χ1) is 7.13. The number of benzene rings is 1. The molecule has 0 saturated carbocycles. The first-order valence-electron chi connectivity index (χ1n) is 4.51. The van der Waals surface area contributed by atoms with Crippen LogP contribution in [0.15, 0.2) is 16.6 Å². The van der Waals surface area contributed by atoms with E-state index in [9.17, 15) is 4.79 Å². The van der Waals surface area contributed by atoms with Gasteiger partial charge in [-0.3, -0.25) is 10.2 Å². The van der Waals surface area contributed by atoms with Gasteiger partial charge in [0.25, 0.3) is 5.91 Å². The molecule has 0 heterocycles. The summed E-state index contributed by atoms with van der Waals surface area (Å²) in [5, 5.41) is 0. The summed E-state index contributed by atoms with van der Waals surface area (Å²) in [4.78, 5) is 11.5. The Labute approximate surface area is 96.9 Å². The summed E-state index contributed by atoms with van der Waals surface area (Å²) in [7, 11) is 1.51. The van der Waals surface area contributed by atoms with Gasteiger partial charge in [-0.2, -0.15) is 0 Å². The maximum Gasteiger partial charge on any atom is 0.268 e. The van der Waals surface area contributed by atoms with Crippen molar-refractivity contribution in [2.45, 2.75) is 13.3 Å². The van der Waals surface area contributed by atoms with Crippen LogP contribution in [0.2, 0.25) is 0 Å². The lowest BCUT2D eigenvalue weighted by Gasteiger charge is -2.11. The molecule has 0 radical (unpaired) electrons. The van der Waals surface area contributed by atoms with Crippen LogP contribution in [0.1, 0.15) is 22.8 Å². The minimum absolute atomic E-state index is 0.358. The van der Waals surface area contributed by atoms with Gasteiger partial charge in [0.15, 0.2) is 0 Å². The van der Waals surface area contributed by atoms with Crippen LogP contribution in [0.3, 0.4) is 0 Å². The molecule has 0 aliphatic heterocycles. The number of hydrogen-bond acceptors (Lipinski definition) is 3. The Bertz CT molecular complexity index is 380. The van der Waals surface area contributed by atoms with Crippen LogP contribution in [0.4, 0.5) is 0 Å². The third kappa shape index (κ3) is 2.49. The highest BCUT2D eigenvalue weighted by Gasteiger charge is 2.15. The third-order valence-corrected chi connectivity index (χ3v) is 2.68. The van der Waals surface area contributed by atoms with Gasteiger partial charge in [-0.25, -0.2) is 5.84 Å². The van der Waals surface area contributed by atoms with E-state index in [0.29, 0.717) is 11.3 Å². The molecule has 5 heteroatoms. The second kappa shape index (κ2) is 5.14. The first kappa shape index (κ1) is 12.0. The molecule has 1 rings (SSSR count). The molecular weight excluding hydrogens is 260 g/mol. The Morgan fingerprint density at radius 3 is 2.73 bits per heavy atom. The predicted molar refractivity (Wildman–Crippen MR) is 61.7 cm³/mol. The number of carbonyl (C=O) groups is 1. The predicted octanol–water partition coefficient (Wildman–Crippen LogP) is 1.62. The van der Waals surface area contributed by atoms with Crippen molar-refractivity contribution in [1.29, 1.82) is 0 Å². The zero-order chi connectivity index (χ0) is 11.4. The van der Waals surface area contributed by atoms with Crippen LogP contribution in [-0.2, 0) is 6.42 Å². The van der Waals surface area contributed by atoms with Crippen molar-refractivity contribution < 1.29 is 9.53 Å². The quantitative estimate of drug-likeness (QED) is 0.499. The first-order valence-corrected chi connectivity index (χ1v) is 5.30. The van der Waals surface area contributed by atoms with Gasteiger partial charge >= 0.3 is 0 Å². The van der Waals surface area contributed by atoms with E-state index in [0.717, 1.165) is 16.5 Å². The van der Waals surface area contributed by atoms with Crippen molar-refractivity contribution in [3.05, 3.63) is 27.7 Å². The molecule has 82 valence electrons. The van der Waals surface area contributed by atoms with Crippen LogP contribution < -0.4 is 16.0 Å². The van der Waals surface area contributed by atoms with Gasteiger partial charge in [-0.15, -0.1) is 0 Å². The molecule has 3 N–H and O–H groups in total. The Morgan fingerprint density at radius 2 is 2.27 bits per heavy atom. The lowest BCUT2D eigenvalue weighted by molar-refractivity contribution is 0.0950. The van der Waals surface area contributed by atoms with Gasteiger partial charge in [0.2, 0.25) is 0 Å². The summed E-state index contributed by atoms with van der Waals surface area (Å²) in [5.74, 6) is 5.24. The van der Waals surface area contributed by atoms with Gasteiger partial charge in [0.1, 0.15) is 5.75 Å². The monoisotopic (exact) mass is 272 g/mol. The van der Waals surface area contributed by atoms with Crippen molar-refractivity contribution in [2.24, 2.45) is 5.84 Å². The number of hydrogen-bond donors (Lipinski definition) is 2. The van der Waals surface area contributed by atoms with E-state index in [1.807, 2.05) is 13.0 Å². The molecule has 0 aromatic heterocycles. The Morgan fingerprint density at radius 1 is 1.60 bits per heavy atom. The minimum Gasteiger partial charge on any atom is -0.495 e. The molecule has 1 aromatic rings. The number of methoxy groups -OCH3 is 1. The van der Waals surface area contributed by atoms with Gasteiger partial charge in [-0.1, -0.05) is 6.92 Å². The molecule has 0 saturated heterocycles. The Balaban J connectivity index is 3.32. The maximum atomic E-state index is 11.5. The fraction of sp³-hybridized carbons (Fsp3) is 0.300. The van der Waals surface area contributed by atoms with E-state index in [-0.39, 0.29) is 5.91 Å². The molecule has 0 atom stereocenters. The number of aryl methyl sites for hydroxylation is 1. The highest BCUT2D eigenvalue weighted by Crippen LogP contribution is 2.30. The molecule has 0 fully saturated rings. The molecule has 1 amide bonds. The van der Waals surface area contributed by atoms with Crippen LogP contribution >= 0.6 is 15.9 Å². The van der Waals surface area contributed by atoms with Crippen LogP contribution in [-0.4, -0.2) is 13.0 Å². The van der Waals surface area contributed by atoms with Crippen molar-refractivity contribution in [2.75, 3.05) is 7.11 Å². The lowest BCUT2D eigenvalue weighted by Crippen LogP contribution is -2.30. The van der Waals surface area contributed by atoms with Gasteiger partial charge < -0.3 is 4.74 Å². The number of halogens is 1. The number of nitrogens with one attached hydrogen (secondary N) is 1. The van der Waals surface area contributed by atoms with Gasteiger partial charge in [0, 0.05) is 0 Å². The van der Waals surface area contributed by atoms with E-state index in [1.165, 1.54) is 7.11 Å². The fourth-order valence-electron chi connectivity index (χ4n) is 1.31. The maximum absolute atomic E-state index is 11.5. The van der Waals surface area contributed by atoms with Gasteiger partial charge in [-0.05, 0) is 40.0 Å². The lowest BCUT2D eigenvalue weighted by atomic mass is 10.1. The summed E-state index contributed by atoms with van der Waals surface area (Å²) < 4.78 is 5.89. The average molecular weight is 273 g/mol. The fourth-order valence-corrected chi connectivity index (χ4v) is 1.98. The number of carbonyl (C=O) groups excluding carboxylic acids is 1. The molecule has 1 aromatic carbocycles. The number of ether oxygens (including phenoxy) is 1. The molecule has 0 aliphatic carbocycles. The minimum atomic E-state index is -0.358. The number of nitrogen functional groups attached to an aromatic ring is 1. The Hall–Kier alpha value is -1.07. The number of nitrogens with two attached hydrogens (primary N) is 1. The van der Waals surface area contributed by atoms with E-state index in [4.69, 9.17) is 10.6 Å². The standard InChI is InChI=1S/C10H13BrN2O2/c1-3-6-4-7(10(14)13-12)9(15-2)8(11)5-6/h4-5H,3,12H2,1-2H3,(H,13,14). The highest BCUT2D eigenvalue weighted by atomic mass is 79.9. The average Bonchev–Trinajstić information content (AvgIpc) is 2.26. The zero-order valence-corrected chi connectivity index (χ0v) is 10.2. The van der Waals surface area contributed by atoms with Crippen LogP contribution in [0, 0.1) is 0 Å². The van der Waals surface area contributed by atoms with Crippen molar-refractivity contribution in [3.63, 3.8) is 0 Å². The normalized spacial score (nSPS) is 9.87. The summed E-state index contributed by atoms with van der Waals surface area (Å²) >= 11 is 3.35. The molecular formula is C10H13BrN2O2. The summed E-state index contributed by atoms with van der Waals surface area (Å²) in [6.07, 6.45) is 0.841. The van der Waals surface area contributed by atoms with Crippen LogP contribution in [0.25, 0.3) is 0 Å². The number of hydrazine groups is 1. The molecule has 0 aliphatic rings. The SMILES string of the molecule is CCc1cc(Br)c(OC)c(C(=O)NN)c1. The number of amides is 1. The van der Waals surface area contributed by atoms with E-state index in [1.54, 1.807) is 6.07 Å². The largest absolute Gasteiger partial charge is 0.495 e. The molecule has 15 heavy (non-hydrogen) atoms. The van der Waals surface area contributed by atoms with Crippen molar-refractivity contribution >= 4 is 21.8 Å². The molecule has 0 spiro atoms. The molecule has 4 nitrogen and oxygen atoms in total. The van der Waals surface area contributed by atoms with Crippen LogP contribution in [0.5, 0.6) is 5.75 Å². The summed E-state index contributed by atoms with van der Waals surface area (Å²) in [6.45, 7) is 2.01.